The second-order valence-corrected chi connectivity index (χ2v) is 5.50. The lowest BCUT2D eigenvalue weighted by atomic mass is 10.0. The zero-order valence-corrected chi connectivity index (χ0v) is 12.6. The molecule has 0 saturated carbocycles. The fraction of sp³-hybridized carbons (Fsp3) is 0.625. The molecule has 1 N–H and O–H groups in total. The summed E-state index contributed by atoms with van der Waals surface area (Å²) in [6, 6.07) is 5.93. The monoisotopic (exact) mass is 279 g/mol. The van der Waals surface area contributed by atoms with Gasteiger partial charge < -0.3 is 19.5 Å². The van der Waals surface area contributed by atoms with Crippen LogP contribution in [0.2, 0.25) is 0 Å². The quantitative estimate of drug-likeness (QED) is 0.897. The van der Waals surface area contributed by atoms with E-state index in [9.17, 15) is 5.11 Å². The fourth-order valence-corrected chi connectivity index (χ4v) is 2.78. The van der Waals surface area contributed by atoms with Crippen LogP contribution in [-0.2, 0) is 4.74 Å². The summed E-state index contributed by atoms with van der Waals surface area (Å²) < 4.78 is 10.7. The molecule has 20 heavy (non-hydrogen) atoms. The highest BCUT2D eigenvalue weighted by Crippen LogP contribution is 2.27. The highest BCUT2D eigenvalue weighted by atomic mass is 16.5. The first-order valence-corrected chi connectivity index (χ1v) is 7.21. The molecular weight excluding hydrogens is 254 g/mol. The molecule has 0 spiro atoms. The standard InChI is InChI=1S/C16H25NO3/c1-12-4-5-16(20-3)14(10-12)15(18)11-17-8-6-13(19-2)7-9-17/h4-5,10,13,15,18H,6-9,11H2,1-3H3. The Morgan fingerprint density at radius 2 is 2.00 bits per heavy atom. The van der Waals surface area contributed by atoms with Gasteiger partial charge in [0.25, 0.3) is 0 Å². The van der Waals surface area contributed by atoms with Crippen LogP contribution in [0.4, 0.5) is 0 Å². The lowest BCUT2D eigenvalue weighted by Gasteiger charge is -2.32. The third-order valence-corrected chi connectivity index (χ3v) is 4.04. The fourth-order valence-electron chi connectivity index (χ4n) is 2.78. The third-order valence-electron chi connectivity index (χ3n) is 4.04. The summed E-state index contributed by atoms with van der Waals surface area (Å²) in [4.78, 5) is 2.29. The van der Waals surface area contributed by atoms with Gasteiger partial charge in [-0.25, -0.2) is 0 Å². The van der Waals surface area contributed by atoms with E-state index >= 15 is 0 Å². The van der Waals surface area contributed by atoms with Gasteiger partial charge in [0.2, 0.25) is 0 Å². The first-order valence-electron chi connectivity index (χ1n) is 7.21. The summed E-state index contributed by atoms with van der Waals surface area (Å²) in [7, 11) is 3.41. The van der Waals surface area contributed by atoms with E-state index in [2.05, 4.69) is 4.90 Å². The molecule has 0 aliphatic carbocycles. The van der Waals surface area contributed by atoms with Crippen LogP contribution < -0.4 is 4.74 Å². The Bertz CT molecular complexity index is 428. The van der Waals surface area contributed by atoms with Crippen LogP contribution in [0.1, 0.15) is 30.1 Å². The van der Waals surface area contributed by atoms with Gasteiger partial charge in [0, 0.05) is 32.3 Å². The topological polar surface area (TPSA) is 41.9 Å². The van der Waals surface area contributed by atoms with Crippen LogP contribution in [0.15, 0.2) is 18.2 Å². The molecule has 4 nitrogen and oxygen atoms in total. The van der Waals surface area contributed by atoms with Crippen molar-refractivity contribution < 1.29 is 14.6 Å². The molecule has 1 unspecified atom stereocenters. The number of likely N-dealkylation sites (tertiary alicyclic amines) is 1. The molecule has 0 radical (unpaired) electrons. The number of aryl methyl sites for hydroxylation is 1. The molecule has 1 fully saturated rings. The van der Waals surface area contributed by atoms with Gasteiger partial charge in [-0.2, -0.15) is 0 Å². The number of ether oxygens (including phenoxy) is 2. The van der Waals surface area contributed by atoms with E-state index in [4.69, 9.17) is 9.47 Å². The molecule has 4 heteroatoms. The number of benzene rings is 1. The van der Waals surface area contributed by atoms with Gasteiger partial charge in [-0.05, 0) is 31.9 Å². The average Bonchev–Trinajstić information content (AvgIpc) is 2.48. The number of hydrogen-bond acceptors (Lipinski definition) is 4. The Balaban J connectivity index is 1.98. The summed E-state index contributed by atoms with van der Waals surface area (Å²) >= 11 is 0. The van der Waals surface area contributed by atoms with Crippen LogP contribution >= 0.6 is 0 Å². The van der Waals surface area contributed by atoms with E-state index in [0.29, 0.717) is 12.6 Å². The summed E-state index contributed by atoms with van der Waals surface area (Å²) in [5.41, 5.74) is 2.01. The van der Waals surface area contributed by atoms with Gasteiger partial charge in [-0.1, -0.05) is 11.6 Å². The van der Waals surface area contributed by atoms with Crippen LogP contribution in [0.25, 0.3) is 0 Å². The predicted octanol–water partition coefficient (Wildman–Crippen LogP) is 2.15. The van der Waals surface area contributed by atoms with Crippen LogP contribution in [-0.4, -0.2) is 50.0 Å². The van der Waals surface area contributed by atoms with Crippen molar-refractivity contribution in [2.75, 3.05) is 33.9 Å². The molecule has 1 heterocycles. The average molecular weight is 279 g/mol. The van der Waals surface area contributed by atoms with Crippen molar-refractivity contribution >= 4 is 0 Å². The van der Waals surface area contributed by atoms with Crippen LogP contribution in [0.3, 0.4) is 0 Å². The van der Waals surface area contributed by atoms with Crippen molar-refractivity contribution in [3.8, 4) is 5.75 Å². The summed E-state index contributed by atoms with van der Waals surface area (Å²) in [6.45, 7) is 4.63. The van der Waals surface area contributed by atoms with Gasteiger partial charge in [0.05, 0.1) is 19.3 Å². The van der Waals surface area contributed by atoms with E-state index in [1.807, 2.05) is 25.1 Å². The molecule has 1 aliphatic rings. The van der Waals surface area contributed by atoms with Gasteiger partial charge in [0.1, 0.15) is 5.75 Å². The van der Waals surface area contributed by atoms with Crippen LogP contribution in [0, 0.1) is 6.92 Å². The number of aliphatic hydroxyl groups excluding tert-OH is 1. The molecule has 2 rings (SSSR count). The van der Waals surface area contributed by atoms with Crippen LogP contribution in [0.5, 0.6) is 5.75 Å². The van der Waals surface area contributed by atoms with Gasteiger partial charge in [-0.3, -0.25) is 0 Å². The smallest absolute Gasteiger partial charge is 0.124 e. The van der Waals surface area contributed by atoms with Gasteiger partial charge in [-0.15, -0.1) is 0 Å². The van der Waals surface area contributed by atoms with Crippen molar-refractivity contribution in [2.24, 2.45) is 0 Å². The second kappa shape index (κ2) is 7.07. The number of nitrogens with zero attached hydrogens (tertiary/aromatic N) is 1. The zero-order chi connectivity index (χ0) is 14.5. The molecule has 1 saturated heterocycles. The normalized spacial score (nSPS) is 19.0. The minimum absolute atomic E-state index is 0.372. The number of β-amino-alcohol motifs (C(OH)–C–C–N with tert-alkyl or cyclic N) is 1. The lowest BCUT2D eigenvalue weighted by molar-refractivity contribution is 0.0239. The third kappa shape index (κ3) is 3.72. The second-order valence-electron chi connectivity index (χ2n) is 5.50. The minimum atomic E-state index is -0.510. The van der Waals surface area contributed by atoms with Crippen molar-refractivity contribution in [2.45, 2.75) is 32.0 Å². The maximum atomic E-state index is 10.5. The number of hydrogen-bond donors (Lipinski definition) is 1. The Morgan fingerprint density at radius 1 is 1.30 bits per heavy atom. The Kier molecular flexibility index (Phi) is 5.40. The van der Waals surface area contributed by atoms with Gasteiger partial charge in [0.15, 0.2) is 0 Å². The van der Waals surface area contributed by atoms with Crippen molar-refractivity contribution in [3.63, 3.8) is 0 Å². The van der Waals surface area contributed by atoms with E-state index in [0.717, 1.165) is 42.8 Å². The minimum Gasteiger partial charge on any atom is -0.496 e. The lowest BCUT2D eigenvalue weighted by Crippen LogP contribution is -2.39. The first kappa shape index (κ1) is 15.3. The van der Waals surface area contributed by atoms with Crippen molar-refractivity contribution in [1.29, 1.82) is 0 Å². The molecule has 1 aromatic rings. The van der Waals surface area contributed by atoms with E-state index in [-0.39, 0.29) is 0 Å². The molecule has 0 amide bonds. The number of methoxy groups -OCH3 is 2. The largest absolute Gasteiger partial charge is 0.496 e. The zero-order valence-electron chi connectivity index (χ0n) is 12.6. The number of rotatable bonds is 5. The first-order chi connectivity index (χ1) is 9.63. The summed E-state index contributed by atoms with van der Waals surface area (Å²) in [5, 5.41) is 10.5. The maximum Gasteiger partial charge on any atom is 0.124 e. The van der Waals surface area contributed by atoms with Crippen molar-refractivity contribution in [1.82, 2.24) is 4.90 Å². The predicted molar refractivity (Wildman–Crippen MR) is 79.2 cm³/mol. The molecular formula is C16H25NO3. The Labute approximate surface area is 121 Å². The number of aliphatic hydroxyl groups is 1. The Hall–Kier alpha value is -1.10. The number of piperidine rings is 1. The molecule has 0 aromatic heterocycles. The SMILES string of the molecule is COc1ccc(C)cc1C(O)CN1CCC(OC)CC1. The van der Waals surface area contributed by atoms with E-state index in [1.54, 1.807) is 14.2 Å². The highest BCUT2D eigenvalue weighted by molar-refractivity contribution is 5.38. The van der Waals surface area contributed by atoms with E-state index in [1.165, 1.54) is 0 Å². The Morgan fingerprint density at radius 3 is 2.60 bits per heavy atom. The maximum absolute atomic E-state index is 10.5. The molecule has 112 valence electrons. The summed E-state index contributed by atoms with van der Waals surface area (Å²) in [5.74, 6) is 0.759. The van der Waals surface area contributed by atoms with Gasteiger partial charge >= 0.3 is 0 Å². The molecule has 1 aromatic carbocycles. The van der Waals surface area contributed by atoms with Crippen molar-refractivity contribution in [3.05, 3.63) is 29.3 Å². The molecule has 1 aliphatic heterocycles. The highest BCUT2D eigenvalue weighted by Gasteiger charge is 2.22. The van der Waals surface area contributed by atoms with E-state index < -0.39 is 6.10 Å². The molecule has 0 bridgehead atoms. The summed E-state index contributed by atoms with van der Waals surface area (Å²) in [6.07, 6.45) is 1.93. The molecule has 1 atom stereocenters.